The summed E-state index contributed by atoms with van der Waals surface area (Å²) in [6.07, 6.45) is 3.23. The first-order valence-electron chi connectivity index (χ1n) is 12.9. The Kier molecular flexibility index (Phi) is 8.64. The van der Waals surface area contributed by atoms with E-state index in [1.807, 2.05) is 61.5 Å². The van der Waals surface area contributed by atoms with Crippen LogP contribution in [-0.4, -0.2) is 33.7 Å². The van der Waals surface area contributed by atoms with Gasteiger partial charge in [-0.2, -0.15) is 10.2 Å². The molecule has 0 spiro atoms. The number of hydrazone groups is 1. The standard InChI is InChI=1S/C32H25BrN6O3/c1-21-11-13-22(14-12-21)29-23(20-39(38-29)26-7-3-2-4-8-26)19-34-37-32(42)31(41)36-28-10-6-5-9-27(28)30(40)35-25-17-15-24(33)16-18-25/h2-20H,1H3,(H,35,40)(H,36,41)(H,37,42)/b34-19+. The summed E-state index contributed by atoms with van der Waals surface area (Å²) < 4.78 is 2.60. The normalized spacial score (nSPS) is 10.8. The molecule has 5 aromatic rings. The van der Waals surface area contributed by atoms with Crippen LogP contribution in [0.25, 0.3) is 16.9 Å². The van der Waals surface area contributed by atoms with Gasteiger partial charge in [-0.3, -0.25) is 14.4 Å². The highest BCUT2D eigenvalue weighted by molar-refractivity contribution is 9.10. The molecule has 0 radical (unpaired) electrons. The van der Waals surface area contributed by atoms with Crippen LogP contribution in [0.1, 0.15) is 21.5 Å². The number of nitrogens with one attached hydrogen (secondary N) is 3. The van der Waals surface area contributed by atoms with E-state index in [9.17, 15) is 14.4 Å². The van der Waals surface area contributed by atoms with Crippen molar-refractivity contribution in [2.45, 2.75) is 6.92 Å². The van der Waals surface area contributed by atoms with E-state index < -0.39 is 17.7 Å². The molecule has 9 nitrogen and oxygen atoms in total. The van der Waals surface area contributed by atoms with Crippen LogP contribution in [0.15, 0.2) is 119 Å². The van der Waals surface area contributed by atoms with Crippen LogP contribution in [0.4, 0.5) is 11.4 Å². The Morgan fingerprint density at radius 1 is 0.810 bits per heavy atom. The van der Waals surface area contributed by atoms with Gasteiger partial charge in [-0.25, -0.2) is 10.1 Å². The van der Waals surface area contributed by atoms with Crippen molar-refractivity contribution in [1.82, 2.24) is 15.2 Å². The van der Waals surface area contributed by atoms with Crippen molar-refractivity contribution < 1.29 is 14.4 Å². The average molecular weight is 621 g/mol. The maximum Gasteiger partial charge on any atom is 0.329 e. The molecule has 0 aliphatic carbocycles. The Labute approximate surface area is 250 Å². The van der Waals surface area contributed by atoms with Gasteiger partial charge in [0.1, 0.15) is 5.69 Å². The maximum atomic E-state index is 12.9. The van der Waals surface area contributed by atoms with Gasteiger partial charge in [0.25, 0.3) is 5.91 Å². The van der Waals surface area contributed by atoms with Gasteiger partial charge in [-0.05, 0) is 55.5 Å². The highest BCUT2D eigenvalue weighted by atomic mass is 79.9. The van der Waals surface area contributed by atoms with Crippen molar-refractivity contribution in [3.63, 3.8) is 0 Å². The lowest BCUT2D eigenvalue weighted by molar-refractivity contribution is -0.136. The lowest BCUT2D eigenvalue weighted by Gasteiger charge is -2.11. The summed E-state index contributed by atoms with van der Waals surface area (Å²) >= 11 is 3.35. The van der Waals surface area contributed by atoms with Gasteiger partial charge in [0.05, 0.1) is 23.2 Å². The molecule has 4 aromatic carbocycles. The molecular formula is C32H25BrN6O3. The van der Waals surface area contributed by atoms with Crippen molar-refractivity contribution in [2.75, 3.05) is 10.6 Å². The quantitative estimate of drug-likeness (QED) is 0.118. The molecule has 0 bridgehead atoms. The molecule has 0 saturated heterocycles. The second-order valence-corrected chi connectivity index (χ2v) is 10.2. The molecule has 3 N–H and O–H groups in total. The molecule has 42 heavy (non-hydrogen) atoms. The number of benzene rings is 4. The number of amides is 3. The molecule has 208 valence electrons. The topological polar surface area (TPSA) is 117 Å². The number of carbonyl (C=O) groups excluding carboxylic acids is 3. The van der Waals surface area contributed by atoms with Gasteiger partial charge < -0.3 is 10.6 Å². The average Bonchev–Trinajstić information content (AvgIpc) is 3.43. The summed E-state index contributed by atoms with van der Waals surface area (Å²) in [6.45, 7) is 2.00. The fourth-order valence-corrected chi connectivity index (χ4v) is 4.31. The van der Waals surface area contributed by atoms with Crippen molar-refractivity contribution in [3.8, 4) is 16.9 Å². The van der Waals surface area contributed by atoms with Crippen LogP contribution in [0.2, 0.25) is 0 Å². The molecule has 0 fully saturated rings. The Morgan fingerprint density at radius 2 is 1.50 bits per heavy atom. The van der Waals surface area contributed by atoms with Crippen LogP contribution in [0.3, 0.4) is 0 Å². The van der Waals surface area contributed by atoms with E-state index >= 15 is 0 Å². The first-order valence-corrected chi connectivity index (χ1v) is 13.7. The fourth-order valence-electron chi connectivity index (χ4n) is 4.04. The number of rotatable bonds is 7. The minimum absolute atomic E-state index is 0.182. The van der Waals surface area contributed by atoms with Crippen molar-refractivity contribution in [3.05, 3.63) is 130 Å². The predicted octanol–water partition coefficient (Wildman–Crippen LogP) is 5.95. The Morgan fingerprint density at radius 3 is 2.24 bits per heavy atom. The van der Waals surface area contributed by atoms with Crippen molar-refractivity contribution in [2.24, 2.45) is 5.10 Å². The summed E-state index contributed by atoms with van der Waals surface area (Å²) in [5.41, 5.74) is 7.36. The van der Waals surface area contributed by atoms with E-state index in [2.05, 4.69) is 37.1 Å². The van der Waals surface area contributed by atoms with E-state index in [-0.39, 0.29) is 11.3 Å². The van der Waals surface area contributed by atoms with Crippen LogP contribution in [0.5, 0.6) is 0 Å². The summed E-state index contributed by atoms with van der Waals surface area (Å²) in [5.74, 6) is -2.41. The highest BCUT2D eigenvalue weighted by Gasteiger charge is 2.18. The largest absolute Gasteiger partial charge is 0.329 e. The molecule has 0 saturated carbocycles. The monoisotopic (exact) mass is 620 g/mol. The number of hydrogen-bond donors (Lipinski definition) is 3. The highest BCUT2D eigenvalue weighted by Crippen LogP contribution is 2.23. The summed E-state index contributed by atoms with van der Waals surface area (Å²) in [6, 6.07) is 31.0. The number of halogens is 1. The zero-order valence-electron chi connectivity index (χ0n) is 22.4. The first kappa shape index (κ1) is 28.2. The van der Waals surface area contributed by atoms with E-state index in [4.69, 9.17) is 5.10 Å². The van der Waals surface area contributed by atoms with Crippen molar-refractivity contribution in [1.29, 1.82) is 0 Å². The van der Waals surface area contributed by atoms with E-state index in [0.29, 0.717) is 16.9 Å². The second-order valence-electron chi connectivity index (χ2n) is 9.24. The molecule has 10 heteroatoms. The molecular weight excluding hydrogens is 596 g/mol. The lowest BCUT2D eigenvalue weighted by atomic mass is 10.1. The zero-order chi connectivity index (χ0) is 29.5. The van der Waals surface area contributed by atoms with Gasteiger partial charge in [-0.1, -0.05) is 76.1 Å². The first-order chi connectivity index (χ1) is 20.4. The third-order valence-electron chi connectivity index (χ3n) is 6.19. The molecule has 0 atom stereocenters. The number of anilines is 2. The third-order valence-corrected chi connectivity index (χ3v) is 6.71. The van der Waals surface area contributed by atoms with Crippen LogP contribution < -0.4 is 16.1 Å². The van der Waals surface area contributed by atoms with Gasteiger partial charge in [-0.15, -0.1) is 0 Å². The Hall–Kier alpha value is -5.35. The van der Waals surface area contributed by atoms with Crippen molar-refractivity contribution >= 4 is 51.2 Å². The van der Waals surface area contributed by atoms with E-state index in [1.54, 1.807) is 53.3 Å². The number of hydrogen-bond acceptors (Lipinski definition) is 5. The Balaban J connectivity index is 1.29. The van der Waals surface area contributed by atoms with Gasteiger partial charge in [0.2, 0.25) is 0 Å². The third kappa shape index (κ3) is 6.86. The predicted molar refractivity (Wildman–Crippen MR) is 167 cm³/mol. The molecule has 0 aliphatic heterocycles. The fraction of sp³-hybridized carbons (Fsp3) is 0.0312. The molecule has 0 unspecified atom stereocenters. The Bertz CT molecular complexity index is 1760. The van der Waals surface area contributed by atoms with Crippen LogP contribution >= 0.6 is 15.9 Å². The smallest absolute Gasteiger partial charge is 0.322 e. The van der Waals surface area contributed by atoms with Crippen LogP contribution in [0, 0.1) is 6.92 Å². The molecule has 1 aromatic heterocycles. The number of nitrogens with zero attached hydrogens (tertiary/aromatic N) is 3. The maximum absolute atomic E-state index is 12.9. The van der Waals surface area contributed by atoms with Gasteiger partial charge >= 0.3 is 11.8 Å². The minimum atomic E-state index is -0.998. The van der Waals surface area contributed by atoms with Gasteiger partial charge in [0, 0.05) is 27.5 Å². The van der Waals surface area contributed by atoms with Gasteiger partial charge in [0.15, 0.2) is 0 Å². The number of aryl methyl sites for hydroxylation is 1. The summed E-state index contributed by atoms with van der Waals surface area (Å²) in [5, 5.41) is 14.0. The number of carbonyl (C=O) groups is 3. The second kappa shape index (κ2) is 12.9. The zero-order valence-corrected chi connectivity index (χ0v) is 24.0. The van der Waals surface area contributed by atoms with E-state index in [1.165, 1.54) is 12.3 Å². The minimum Gasteiger partial charge on any atom is -0.322 e. The SMILES string of the molecule is Cc1ccc(-c2nn(-c3ccccc3)cc2/C=N/NC(=O)C(=O)Nc2ccccc2C(=O)Nc2ccc(Br)cc2)cc1. The lowest BCUT2D eigenvalue weighted by Crippen LogP contribution is -2.33. The van der Waals surface area contributed by atoms with E-state index in [0.717, 1.165) is 21.3 Å². The summed E-state index contributed by atoms with van der Waals surface area (Å²) in [4.78, 5) is 38.1. The van der Waals surface area contributed by atoms with Crippen LogP contribution in [-0.2, 0) is 9.59 Å². The molecule has 0 aliphatic rings. The molecule has 3 amide bonds. The number of para-hydroxylation sites is 2. The number of aromatic nitrogens is 2. The molecule has 1 heterocycles. The molecule has 5 rings (SSSR count). The summed E-state index contributed by atoms with van der Waals surface area (Å²) in [7, 11) is 0.